The molecule has 1 saturated carbocycles. The Hall–Kier alpha value is -2.61. The number of aromatic carboxylic acids is 1. The van der Waals surface area contributed by atoms with Crippen molar-refractivity contribution in [2.75, 3.05) is 24.6 Å². The lowest BCUT2D eigenvalue weighted by atomic mass is 9.66. The van der Waals surface area contributed by atoms with Crippen molar-refractivity contribution < 1.29 is 19.0 Å². The number of pyridine rings is 1. The number of nitrogens with two attached hydrogens (primary N) is 1. The predicted octanol–water partition coefficient (Wildman–Crippen LogP) is 2.11. The van der Waals surface area contributed by atoms with Crippen LogP contribution >= 0.6 is 0 Å². The van der Waals surface area contributed by atoms with E-state index in [9.17, 15) is 14.7 Å². The maximum Gasteiger partial charge on any atom is 0.341 e. The molecule has 3 heterocycles. The highest BCUT2D eigenvalue weighted by atomic mass is 19.1. The van der Waals surface area contributed by atoms with Crippen LogP contribution in [-0.4, -0.2) is 41.4 Å². The van der Waals surface area contributed by atoms with Crippen molar-refractivity contribution in [1.82, 2.24) is 4.57 Å². The van der Waals surface area contributed by atoms with E-state index >= 15 is 4.39 Å². The molecule has 0 radical (unpaired) electrons. The molecule has 2 aliphatic heterocycles. The molecule has 3 aliphatic rings. The van der Waals surface area contributed by atoms with Crippen LogP contribution in [0.25, 0.3) is 10.9 Å². The Bertz CT molecular complexity index is 1080. The molecule has 2 atom stereocenters. The lowest BCUT2D eigenvalue weighted by Gasteiger charge is -2.41. The first-order chi connectivity index (χ1) is 13.3. The molecule has 3 N–H and O–H groups in total. The largest absolute Gasteiger partial charge is 0.487 e. The summed E-state index contributed by atoms with van der Waals surface area (Å²) in [6.45, 7) is 3.34. The standard InChI is InChI=1S/C20H22FN3O4/c1-10-8-28-18-15-11(17(25)12(19(26)27)6-24(10)15)5-13(21)16(18)23-7-14(22)20(9-23)3-2-4-20/h5-6,10,14H,2-4,7-9,22H2,1H3,(H,26,27)/t10-,14+/m0/s1. The van der Waals surface area contributed by atoms with E-state index in [4.69, 9.17) is 10.5 Å². The molecule has 2 fully saturated rings. The number of anilines is 1. The van der Waals surface area contributed by atoms with Crippen molar-refractivity contribution >= 4 is 22.6 Å². The first-order valence-electron chi connectivity index (χ1n) is 9.60. The van der Waals surface area contributed by atoms with Gasteiger partial charge in [-0.25, -0.2) is 9.18 Å². The second kappa shape index (κ2) is 5.70. The summed E-state index contributed by atoms with van der Waals surface area (Å²) < 4.78 is 22.9. The summed E-state index contributed by atoms with van der Waals surface area (Å²) in [6.07, 6.45) is 4.56. The summed E-state index contributed by atoms with van der Waals surface area (Å²) in [6, 6.07) is 0.950. The summed E-state index contributed by atoms with van der Waals surface area (Å²) in [4.78, 5) is 26.1. The van der Waals surface area contributed by atoms with Crippen LogP contribution in [-0.2, 0) is 0 Å². The van der Waals surface area contributed by atoms with E-state index in [-0.39, 0.29) is 35.1 Å². The second-order valence-corrected chi connectivity index (χ2v) is 8.38. The number of ether oxygens (including phenoxy) is 1. The van der Waals surface area contributed by atoms with Crippen molar-refractivity contribution in [2.45, 2.75) is 38.3 Å². The fraction of sp³-hybridized carbons (Fsp3) is 0.500. The maximum atomic E-state index is 15.2. The lowest BCUT2D eigenvalue weighted by molar-refractivity contribution is 0.0694. The van der Waals surface area contributed by atoms with Gasteiger partial charge >= 0.3 is 5.97 Å². The van der Waals surface area contributed by atoms with Crippen LogP contribution in [0.1, 0.15) is 42.6 Å². The van der Waals surface area contributed by atoms with Crippen LogP contribution in [0.2, 0.25) is 0 Å². The first kappa shape index (κ1) is 17.5. The average molecular weight is 387 g/mol. The number of carboxylic acid groups (broad SMARTS) is 1. The Balaban J connectivity index is 1.75. The van der Waals surface area contributed by atoms with E-state index < -0.39 is 17.2 Å². The molecule has 0 unspecified atom stereocenters. The number of benzene rings is 1. The van der Waals surface area contributed by atoms with Crippen molar-refractivity contribution in [3.05, 3.63) is 33.9 Å². The van der Waals surface area contributed by atoms with Gasteiger partial charge in [-0.05, 0) is 25.8 Å². The average Bonchev–Trinajstić information content (AvgIpc) is 2.96. The second-order valence-electron chi connectivity index (χ2n) is 8.38. The predicted molar refractivity (Wildman–Crippen MR) is 102 cm³/mol. The SMILES string of the molecule is C[C@H]1COc2c(N3C[C@@H](N)C4(CCC4)C3)c(F)cc3c(=O)c(C(=O)O)cn1c23. The highest BCUT2D eigenvalue weighted by Gasteiger charge is 2.50. The molecule has 0 bridgehead atoms. The normalized spacial score (nSPS) is 25.0. The quantitative estimate of drug-likeness (QED) is 0.819. The summed E-state index contributed by atoms with van der Waals surface area (Å²) in [5.41, 5.74) is 6.12. The van der Waals surface area contributed by atoms with E-state index in [0.717, 1.165) is 25.3 Å². The maximum absolute atomic E-state index is 15.2. The Morgan fingerprint density at radius 3 is 2.79 bits per heavy atom. The molecule has 2 aromatic rings. The van der Waals surface area contributed by atoms with Gasteiger partial charge in [0.2, 0.25) is 5.43 Å². The molecule has 1 spiro atoms. The summed E-state index contributed by atoms with van der Waals surface area (Å²) >= 11 is 0. The fourth-order valence-corrected chi connectivity index (χ4v) is 4.98. The third-order valence-corrected chi connectivity index (χ3v) is 6.75. The van der Waals surface area contributed by atoms with Gasteiger partial charge in [-0.2, -0.15) is 0 Å². The highest BCUT2D eigenvalue weighted by Crippen LogP contribution is 2.51. The van der Waals surface area contributed by atoms with Crippen LogP contribution in [0.5, 0.6) is 5.75 Å². The van der Waals surface area contributed by atoms with Gasteiger partial charge in [0.1, 0.15) is 17.9 Å². The number of halogens is 1. The number of nitrogens with zero attached hydrogens (tertiary/aromatic N) is 2. The Kier molecular flexibility index (Phi) is 3.56. The van der Waals surface area contributed by atoms with Crippen LogP contribution < -0.4 is 20.8 Å². The molecule has 148 valence electrons. The third kappa shape index (κ3) is 2.18. The van der Waals surface area contributed by atoms with Crippen LogP contribution in [0.4, 0.5) is 10.1 Å². The van der Waals surface area contributed by atoms with Gasteiger partial charge < -0.3 is 25.0 Å². The minimum atomic E-state index is -1.32. The van der Waals surface area contributed by atoms with Gasteiger partial charge in [0.05, 0.1) is 16.9 Å². The van der Waals surface area contributed by atoms with Crippen molar-refractivity contribution in [3.8, 4) is 5.75 Å². The third-order valence-electron chi connectivity index (χ3n) is 6.75. The zero-order valence-corrected chi connectivity index (χ0v) is 15.6. The van der Waals surface area contributed by atoms with E-state index in [1.807, 2.05) is 11.8 Å². The van der Waals surface area contributed by atoms with E-state index in [0.29, 0.717) is 30.0 Å². The van der Waals surface area contributed by atoms with Crippen molar-refractivity contribution in [2.24, 2.45) is 11.1 Å². The summed E-state index contributed by atoms with van der Waals surface area (Å²) in [7, 11) is 0. The minimum Gasteiger partial charge on any atom is -0.487 e. The van der Waals surface area contributed by atoms with Gasteiger partial charge in [-0.15, -0.1) is 0 Å². The number of carboxylic acids is 1. The lowest BCUT2D eigenvalue weighted by Crippen LogP contribution is -2.45. The Morgan fingerprint density at radius 1 is 1.43 bits per heavy atom. The Labute approximate surface area is 160 Å². The fourth-order valence-electron chi connectivity index (χ4n) is 4.98. The zero-order chi connectivity index (χ0) is 19.8. The van der Waals surface area contributed by atoms with Crippen molar-refractivity contribution in [3.63, 3.8) is 0 Å². The molecular formula is C20H22FN3O4. The zero-order valence-electron chi connectivity index (χ0n) is 15.6. The number of carbonyl (C=O) groups is 1. The van der Waals surface area contributed by atoms with Crippen molar-refractivity contribution in [1.29, 1.82) is 0 Å². The van der Waals surface area contributed by atoms with E-state index in [2.05, 4.69) is 0 Å². The molecule has 1 saturated heterocycles. The molecule has 5 rings (SSSR count). The molecule has 7 nitrogen and oxygen atoms in total. The van der Waals surface area contributed by atoms with Gasteiger partial charge in [0.15, 0.2) is 11.6 Å². The van der Waals surface area contributed by atoms with Crippen LogP contribution in [0.15, 0.2) is 17.1 Å². The molecule has 1 aromatic heterocycles. The van der Waals surface area contributed by atoms with Crippen LogP contribution in [0, 0.1) is 11.2 Å². The molecule has 28 heavy (non-hydrogen) atoms. The molecular weight excluding hydrogens is 365 g/mol. The smallest absolute Gasteiger partial charge is 0.341 e. The molecule has 1 aliphatic carbocycles. The number of aromatic nitrogens is 1. The topological polar surface area (TPSA) is 97.8 Å². The van der Waals surface area contributed by atoms with Crippen LogP contribution in [0.3, 0.4) is 0 Å². The Morgan fingerprint density at radius 2 is 2.18 bits per heavy atom. The van der Waals surface area contributed by atoms with Gasteiger partial charge in [-0.3, -0.25) is 4.79 Å². The van der Waals surface area contributed by atoms with Gasteiger partial charge in [-0.1, -0.05) is 6.42 Å². The monoisotopic (exact) mass is 387 g/mol. The van der Waals surface area contributed by atoms with E-state index in [1.54, 1.807) is 4.57 Å². The minimum absolute atomic E-state index is 0.0253. The number of hydrogen-bond donors (Lipinski definition) is 2. The number of rotatable bonds is 2. The van der Waals surface area contributed by atoms with Gasteiger partial charge in [0, 0.05) is 30.7 Å². The molecule has 8 heteroatoms. The number of hydrogen-bond acceptors (Lipinski definition) is 5. The highest BCUT2D eigenvalue weighted by molar-refractivity contribution is 5.97. The first-order valence-corrected chi connectivity index (χ1v) is 9.60. The summed E-state index contributed by atoms with van der Waals surface area (Å²) in [5, 5.41) is 9.41. The van der Waals surface area contributed by atoms with E-state index in [1.165, 1.54) is 6.20 Å². The molecule has 0 amide bonds. The van der Waals surface area contributed by atoms with Gasteiger partial charge in [0.25, 0.3) is 0 Å². The molecule has 1 aromatic carbocycles. The summed E-state index contributed by atoms with van der Waals surface area (Å²) in [5.74, 6) is -1.59.